The minimum atomic E-state index is -3.97. The maximum atomic E-state index is 11.4. The highest BCUT2D eigenvalue weighted by molar-refractivity contribution is 4.58. The minimum Gasteiger partial charge on any atom is -0.171 e. The van der Waals surface area contributed by atoms with Crippen LogP contribution in [0.5, 0.6) is 0 Å². The summed E-state index contributed by atoms with van der Waals surface area (Å²) >= 11 is 0. The number of rotatable bonds is 3. The zero-order valence-electron chi connectivity index (χ0n) is 5.33. The molecule has 0 aromatic carbocycles. The summed E-state index contributed by atoms with van der Waals surface area (Å²) in [6, 6.07) is 0. The van der Waals surface area contributed by atoms with E-state index in [1.165, 1.54) is 0 Å². The summed E-state index contributed by atoms with van der Waals surface area (Å²) in [4.78, 5) is 0. The molecule has 0 aliphatic rings. The fraction of sp³-hybridized carbons (Fsp3) is 0.833. The van der Waals surface area contributed by atoms with Crippen LogP contribution in [0.15, 0.2) is 0 Å². The van der Waals surface area contributed by atoms with Crippen molar-refractivity contribution in [2.45, 2.75) is 32.4 Å². The normalized spacial score (nSPS) is 12.0. The van der Waals surface area contributed by atoms with E-state index in [1.54, 1.807) is 13.3 Å². The quantitative estimate of drug-likeness (QED) is 0.527. The lowest BCUT2D eigenvalue weighted by Gasteiger charge is -2.03. The molecule has 1 radical (unpaired) electrons. The second-order valence-electron chi connectivity index (χ2n) is 1.92. The summed E-state index contributed by atoms with van der Waals surface area (Å²) in [6.45, 7) is 1.76. The van der Waals surface area contributed by atoms with Crippen LogP contribution in [0.25, 0.3) is 0 Å². The molecule has 0 unspecified atom stereocenters. The Hall–Kier alpha value is -0.210. The van der Waals surface area contributed by atoms with Crippen LogP contribution in [0.3, 0.4) is 0 Å². The largest absolute Gasteiger partial charge is 0.389 e. The predicted molar refractivity (Wildman–Crippen MR) is 29.9 cm³/mol. The summed E-state index contributed by atoms with van der Waals surface area (Å²) < 4.78 is 34.1. The van der Waals surface area contributed by atoms with E-state index in [-0.39, 0.29) is 6.42 Å². The van der Waals surface area contributed by atoms with Gasteiger partial charge in [0.05, 0.1) is 0 Å². The third-order valence-corrected chi connectivity index (χ3v) is 0.953. The van der Waals surface area contributed by atoms with Gasteiger partial charge in [-0.3, -0.25) is 0 Å². The van der Waals surface area contributed by atoms with Crippen molar-refractivity contribution in [2.75, 3.05) is 0 Å². The van der Waals surface area contributed by atoms with Crippen LogP contribution in [0, 0.1) is 6.42 Å². The van der Waals surface area contributed by atoms with Gasteiger partial charge in [0.25, 0.3) is 0 Å². The molecule has 0 bridgehead atoms. The maximum absolute atomic E-state index is 11.4. The number of unbranched alkanes of at least 4 members (excludes halogenated alkanes) is 2. The Morgan fingerprint density at radius 3 is 2.22 bits per heavy atom. The summed E-state index contributed by atoms with van der Waals surface area (Å²) in [5.74, 6) is 0. The van der Waals surface area contributed by atoms with Crippen molar-refractivity contribution in [3.05, 3.63) is 6.42 Å². The molecule has 3 heteroatoms. The first-order valence-electron chi connectivity index (χ1n) is 2.91. The molecule has 0 fully saturated rings. The predicted octanol–water partition coefficient (Wildman–Crippen LogP) is 2.94. The van der Waals surface area contributed by atoms with Gasteiger partial charge >= 0.3 is 6.18 Å². The summed E-state index contributed by atoms with van der Waals surface area (Å²) in [5.41, 5.74) is 0. The van der Waals surface area contributed by atoms with Crippen LogP contribution in [-0.2, 0) is 0 Å². The van der Waals surface area contributed by atoms with Crippen LogP contribution >= 0.6 is 0 Å². The Kier molecular flexibility index (Phi) is 3.66. The summed E-state index contributed by atoms with van der Waals surface area (Å²) in [6.07, 6.45) is -2.11. The Balaban J connectivity index is 3.07. The van der Waals surface area contributed by atoms with Gasteiger partial charge in [-0.05, 0) is 12.8 Å². The van der Waals surface area contributed by atoms with Gasteiger partial charge < -0.3 is 0 Å². The highest BCUT2D eigenvalue weighted by atomic mass is 19.4. The van der Waals surface area contributed by atoms with Crippen LogP contribution in [0.1, 0.15) is 26.2 Å². The molecule has 0 aromatic heterocycles. The van der Waals surface area contributed by atoms with Crippen molar-refractivity contribution in [3.63, 3.8) is 0 Å². The van der Waals surface area contributed by atoms with Gasteiger partial charge in [-0.2, -0.15) is 13.2 Å². The first-order chi connectivity index (χ1) is 4.06. The molecule has 0 nitrogen and oxygen atoms in total. The molecule has 0 aliphatic heterocycles. The number of hydrogen-bond acceptors (Lipinski definition) is 0. The molecule has 0 rings (SSSR count). The van der Waals surface area contributed by atoms with Crippen molar-refractivity contribution in [1.82, 2.24) is 0 Å². The Morgan fingerprint density at radius 2 is 1.89 bits per heavy atom. The summed E-state index contributed by atoms with van der Waals surface area (Å²) in [5, 5.41) is 0. The molecule has 0 spiro atoms. The Morgan fingerprint density at radius 1 is 1.33 bits per heavy atom. The van der Waals surface area contributed by atoms with E-state index in [9.17, 15) is 13.2 Å². The average Bonchev–Trinajstić information content (AvgIpc) is 1.63. The molecule has 9 heavy (non-hydrogen) atoms. The monoisotopic (exact) mass is 139 g/mol. The van der Waals surface area contributed by atoms with Crippen LogP contribution in [0.4, 0.5) is 13.2 Å². The van der Waals surface area contributed by atoms with Gasteiger partial charge in [0, 0.05) is 6.42 Å². The fourth-order valence-corrected chi connectivity index (χ4v) is 0.507. The van der Waals surface area contributed by atoms with Gasteiger partial charge in [0.1, 0.15) is 0 Å². The van der Waals surface area contributed by atoms with Crippen molar-refractivity contribution in [3.8, 4) is 0 Å². The van der Waals surface area contributed by atoms with Gasteiger partial charge in [-0.25, -0.2) is 0 Å². The first kappa shape index (κ1) is 8.79. The SMILES string of the molecule is C[CH]CCCC(F)(F)F. The minimum absolute atomic E-state index is 0.222. The molecule has 0 atom stereocenters. The van der Waals surface area contributed by atoms with Gasteiger partial charge in [-0.1, -0.05) is 13.3 Å². The molecule has 0 aromatic rings. The van der Waals surface area contributed by atoms with Crippen LogP contribution in [0.2, 0.25) is 0 Å². The van der Waals surface area contributed by atoms with Gasteiger partial charge in [-0.15, -0.1) is 0 Å². The zero-order chi connectivity index (χ0) is 7.33. The Labute approximate surface area is 53.1 Å². The lowest BCUT2D eigenvalue weighted by molar-refractivity contribution is -0.135. The molecule has 0 saturated carbocycles. The topological polar surface area (TPSA) is 0 Å². The lowest BCUT2D eigenvalue weighted by atomic mass is 10.2. The number of hydrogen-bond donors (Lipinski definition) is 0. The molecule has 0 saturated heterocycles. The molecule has 0 amide bonds. The van der Waals surface area contributed by atoms with E-state index in [4.69, 9.17) is 0 Å². The third kappa shape index (κ3) is 7.79. The highest BCUT2D eigenvalue weighted by Crippen LogP contribution is 2.22. The molecular formula is C6H10F3. The van der Waals surface area contributed by atoms with Crippen LogP contribution < -0.4 is 0 Å². The Bertz CT molecular complexity index is 65.2. The fourth-order valence-electron chi connectivity index (χ4n) is 0.507. The molecule has 0 aliphatic carbocycles. The standard InChI is InChI=1S/C6H10F3/c1-2-3-4-5-6(7,8)9/h2H,3-5H2,1H3. The van der Waals surface area contributed by atoms with Crippen molar-refractivity contribution >= 4 is 0 Å². The molecular weight excluding hydrogens is 129 g/mol. The highest BCUT2D eigenvalue weighted by Gasteiger charge is 2.25. The first-order valence-corrected chi connectivity index (χ1v) is 2.91. The maximum Gasteiger partial charge on any atom is 0.389 e. The van der Waals surface area contributed by atoms with Gasteiger partial charge in [0.2, 0.25) is 0 Å². The van der Waals surface area contributed by atoms with E-state index in [2.05, 4.69) is 0 Å². The number of alkyl halides is 3. The van der Waals surface area contributed by atoms with E-state index in [0.717, 1.165) is 0 Å². The van der Waals surface area contributed by atoms with Crippen molar-refractivity contribution in [1.29, 1.82) is 0 Å². The zero-order valence-corrected chi connectivity index (χ0v) is 5.33. The van der Waals surface area contributed by atoms with E-state index < -0.39 is 12.6 Å². The third-order valence-electron chi connectivity index (χ3n) is 0.953. The number of halogens is 3. The second-order valence-corrected chi connectivity index (χ2v) is 1.92. The molecule has 0 heterocycles. The smallest absolute Gasteiger partial charge is 0.171 e. The van der Waals surface area contributed by atoms with E-state index in [0.29, 0.717) is 6.42 Å². The van der Waals surface area contributed by atoms with Crippen LogP contribution in [-0.4, -0.2) is 6.18 Å². The van der Waals surface area contributed by atoms with Gasteiger partial charge in [0.15, 0.2) is 0 Å². The van der Waals surface area contributed by atoms with E-state index in [1.807, 2.05) is 0 Å². The van der Waals surface area contributed by atoms with Crippen molar-refractivity contribution < 1.29 is 13.2 Å². The van der Waals surface area contributed by atoms with E-state index >= 15 is 0 Å². The lowest BCUT2D eigenvalue weighted by Crippen LogP contribution is -2.05. The summed E-state index contributed by atoms with van der Waals surface area (Å²) in [7, 11) is 0. The van der Waals surface area contributed by atoms with Crippen molar-refractivity contribution in [2.24, 2.45) is 0 Å². The second kappa shape index (κ2) is 3.75. The molecule has 0 N–H and O–H groups in total. The average molecular weight is 139 g/mol. The molecule has 55 valence electrons.